The summed E-state index contributed by atoms with van der Waals surface area (Å²) in [7, 11) is 0. The Bertz CT molecular complexity index is 720. The number of hydrogen-bond donors (Lipinski definition) is 2. The number of nitro benzene ring substituents is 1. The van der Waals surface area contributed by atoms with Gasteiger partial charge >= 0.3 is 0 Å². The zero-order valence-corrected chi connectivity index (χ0v) is 12.6. The summed E-state index contributed by atoms with van der Waals surface area (Å²) >= 11 is 5.37. The van der Waals surface area contributed by atoms with Gasteiger partial charge in [0, 0.05) is 12.1 Å². The lowest BCUT2D eigenvalue weighted by atomic mass is 10.0. The molecular formula is C15H14N4O2S. The molecule has 1 aliphatic heterocycles. The molecule has 1 saturated heterocycles. The molecule has 0 aromatic heterocycles. The van der Waals surface area contributed by atoms with Gasteiger partial charge in [-0.15, -0.1) is 0 Å². The minimum absolute atomic E-state index is 0.0487. The average Bonchev–Trinajstić information content (AvgIpc) is 2.84. The second-order valence-corrected chi connectivity index (χ2v) is 5.53. The lowest BCUT2D eigenvalue weighted by molar-refractivity contribution is -0.384. The van der Waals surface area contributed by atoms with Crippen molar-refractivity contribution in [1.29, 1.82) is 0 Å². The Morgan fingerprint density at radius 2 is 1.77 bits per heavy atom. The monoisotopic (exact) mass is 314 g/mol. The number of benzene rings is 2. The first-order valence-corrected chi connectivity index (χ1v) is 7.10. The van der Waals surface area contributed by atoms with Crippen molar-refractivity contribution < 1.29 is 4.92 Å². The maximum Gasteiger partial charge on any atom is 0.269 e. The van der Waals surface area contributed by atoms with Crippen LogP contribution in [0.5, 0.6) is 0 Å². The largest absolute Gasteiger partial charge is 0.338 e. The van der Waals surface area contributed by atoms with E-state index in [0.29, 0.717) is 5.11 Å². The summed E-state index contributed by atoms with van der Waals surface area (Å²) in [5.41, 5.74) is 4.61. The highest BCUT2D eigenvalue weighted by Crippen LogP contribution is 2.27. The van der Waals surface area contributed by atoms with E-state index in [2.05, 4.69) is 10.7 Å². The van der Waals surface area contributed by atoms with Crippen LogP contribution in [0.15, 0.2) is 54.6 Å². The predicted molar refractivity (Wildman–Crippen MR) is 88.2 cm³/mol. The Morgan fingerprint density at radius 1 is 1.14 bits per heavy atom. The second kappa shape index (κ2) is 5.36. The van der Waals surface area contributed by atoms with E-state index in [4.69, 9.17) is 12.2 Å². The number of nitrogens with zero attached hydrogens (tertiary/aromatic N) is 2. The van der Waals surface area contributed by atoms with E-state index in [1.54, 1.807) is 17.1 Å². The summed E-state index contributed by atoms with van der Waals surface area (Å²) in [6.07, 6.45) is 0. The van der Waals surface area contributed by atoms with E-state index in [1.165, 1.54) is 12.1 Å². The van der Waals surface area contributed by atoms with Crippen LogP contribution in [0, 0.1) is 10.1 Å². The van der Waals surface area contributed by atoms with Crippen LogP contribution in [0.4, 0.5) is 11.4 Å². The minimum atomic E-state index is -0.528. The van der Waals surface area contributed by atoms with Gasteiger partial charge in [0.15, 0.2) is 5.11 Å². The van der Waals surface area contributed by atoms with Crippen molar-refractivity contribution in [1.82, 2.24) is 10.7 Å². The third-order valence-corrected chi connectivity index (χ3v) is 3.85. The predicted octanol–water partition coefficient (Wildman–Crippen LogP) is 2.67. The first kappa shape index (κ1) is 14.4. The van der Waals surface area contributed by atoms with Crippen LogP contribution < -0.4 is 15.8 Å². The summed E-state index contributed by atoms with van der Waals surface area (Å²) in [5, 5.41) is 16.2. The number of nitrogens with one attached hydrogen (secondary N) is 2. The number of rotatable bonds is 3. The van der Waals surface area contributed by atoms with E-state index >= 15 is 0 Å². The Morgan fingerprint density at radius 3 is 2.36 bits per heavy atom. The molecule has 0 amide bonds. The zero-order chi connectivity index (χ0) is 15.7. The Hall–Kier alpha value is -2.51. The van der Waals surface area contributed by atoms with Gasteiger partial charge in [-0.1, -0.05) is 30.3 Å². The number of non-ortho nitro benzene ring substituents is 1. The van der Waals surface area contributed by atoms with Gasteiger partial charge in [-0.05, 0) is 36.8 Å². The molecule has 0 saturated carbocycles. The van der Waals surface area contributed by atoms with Crippen LogP contribution in [0.2, 0.25) is 0 Å². The molecule has 2 aromatic carbocycles. The molecule has 0 unspecified atom stereocenters. The van der Waals surface area contributed by atoms with Crippen LogP contribution in [0.1, 0.15) is 12.5 Å². The smallest absolute Gasteiger partial charge is 0.269 e. The van der Waals surface area contributed by atoms with Crippen molar-refractivity contribution in [3.8, 4) is 0 Å². The molecule has 1 heterocycles. The molecule has 0 radical (unpaired) electrons. The average molecular weight is 314 g/mol. The van der Waals surface area contributed by atoms with Crippen molar-refractivity contribution in [2.45, 2.75) is 12.6 Å². The lowest BCUT2D eigenvalue weighted by Crippen LogP contribution is -2.45. The molecule has 2 N–H and O–H groups in total. The van der Waals surface area contributed by atoms with Gasteiger partial charge in [0.05, 0.1) is 10.6 Å². The number of hydrazine groups is 1. The van der Waals surface area contributed by atoms with Crippen LogP contribution >= 0.6 is 12.2 Å². The van der Waals surface area contributed by atoms with Crippen LogP contribution in [-0.2, 0) is 5.66 Å². The Balaban J connectivity index is 1.87. The van der Waals surface area contributed by atoms with Gasteiger partial charge in [-0.3, -0.25) is 10.1 Å². The fourth-order valence-electron chi connectivity index (χ4n) is 2.39. The Labute approximate surface area is 132 Å². The van der Waals surface area contributed by atoms with E-state index in [1.807, 2.05) is 37.3 Å². The minimum Gasteiger partial charge on any atom is -0.338 e. The van der Waals surface area contributed by atoms with Crippen LogP contribution in [0.25, 0.3) is 0 Å². The summed E-state index contributed by atoms with van der Waals surface area (Å²) in [5.74, 6) is 0. The molecular weight excluding hydrogens is 300 g/mol. The zero-order valence-electron chi connectivity index (χ0n) is 11.8. The number of thiocarbonyl (C=S) groups is 1. The van der Waals surface area contributed by atoms with Crippen molar-refractivity contribution in [3.63, 3.8) is 0 Å². The molecule has 6 nitrogen and oxygen atoms in total. The second-order valence-electron chi connectivity index (χ2n) is 5.14. The van der Waals surface area contributed by atoms with Crippen molar-refractivity contribution in [2.75, 3.05) is 5.01 Å². The number of nitro groups is 1. The van der Waals surface area contributed by atoms with Gasteiger partial charge in [-0.25, -0.2) is 5.01 Å². The molecule has 0 bridgehead atoms. The third kappa shape index (κ3) is 2.51. The van der Waals surface area contributed by atoms with Crippen molar-refractivity contribution in [3.05, 3.63) is 70.3 Å². The van der Waals surface area contributed by atoms with Gasteiger partial charge in [-0.2, -0.15) is 5.43 Å². The van der Waals surface area contributed by atoms with Gasteiger partial charge in [0.1, 0.15) is 5.66 Å². The highest BCUT2D eigenvalue weighted by atomic mass is 32.1. The van der Waals surface area contributed by atoms with Crippen LogP contribution in [0.3, 0.4) is 0 Å². The van der Waals surface area contributed by atoms with E-state index in [0.717, 1.165) is 11.3 Å². The molecule has 1 fully saturated rings. The SMILES string of the molecule is C[C@@]1(c2ccccc2)NC(=S)N(c2ccc([N+](=O)[O-])cc2)N1. The van der Waals surface area contributed by atoms with Gasteiger partial charge in [0.2, 0.25) is 0 Å². The molecule has 0 aliphatic carbocycles. The fourth-order valence-corrected chi connectivity index (χ4v) is 2.74. The maximum atomic E-state index is 10.7. The van der Waals surface area contributed by atoms with Gasteiger partial charge < -0.3 is 5.32 Å². The summed E-state index contributed by atoms with van der Waals surface area (Å²) in [6.45, 7) is 1.99. The molecule has 7 heteroatoms. The number of anilines is 1. The number of hydrogen-bond acceptors (Lipinski definition) is 4. The first-order chi connectivity index (χ1) is 10.5. The van der Waals surface area contributed by atoms with Gasteiger partial charge in [0.25, 0.3) is 5.69 Å². The highest BCUT2D eigenvalue weighted by molar-refractivity contribution is 7.80. The lowest BCUT2D eigenvalue weighted by Gasteiger charge is -2.26. The van der Waals surface area contributed by atoms with E-state index in [9.17, 15) is 10.1 Å². The van der Waals surface area contributed by atoms with Crippen molar-refractivity contribution in [2.24, 2.45) is 0 Å². The maximum absolute atomic E-state index is 10.7. The highest BCUT2D eigenvalue weighted by Gasteiger charge is 2.38. The standard InChI is InChI=1S/C15H14N4O2S/c1-15(11-5-3-2-4-6-11)16-14(22)18(17-15)12-7-9-13(10-8-12)19(20)21/h2-10,17H,1H3,(H,16,22)/t15-/m1/s1. The summed E-state index contributed by atoms with van der Waals surface area (Å²) in [4.78, 5) is 10.3. The molecule has 112 valence electrons. The molecule has 3 rings (SSSR count). The fraction of sp³-hybridized carbons (Fsp3) is 0.133. The van der Waals surface area contributed by atoms with Crippen LogP contribution in [-0.4, -0.2) is 10.0 Å². The van der Waals surface area contributed by atoms with E-state index in [-0.39, 0.29) is 5.69 Å². The molecule has 1 atom stereocenters. The normalized spacial score (nSPS) is 20.8. The topological polar surface area (TPSA) is 70.4 Å². The molecule has 0 spiro atoms. The quantitative estimate of drug-likeness (QED) is 0.516. The summed E-state index contributed by atoms with van der Waals surface area (Å²) in [6, 6.07) is 16.1. The van der Waals surface area contributed by atoms with Crippen molar-refractivity contribution >= 4 is 28.7 Å². The Kier molecular flexibility index (Phi) is 3.51. The summed E-state index contributed by atoms with van der Waals surface area (Å²) < 4.78 is 0. The molecule has 2 aromatic rings. The molecule has 1 aliphatic rings. The first-order valence-electron chi connectivity index (χ1n) is 6.70. The van der Waals surface area contributed by atoms with E-state index < -0.39 is 10.6 Å². The molecule has 22 heavy (non-hydrogen) atoms. The third-order valence-electron chi connectivity index (χ3n) is 3.57.